The van der Waals surface area contributed by atoms with Crippen molar-refractivity contribution < 1.29 is 18.7 Å². The lowest BCUT2D eigenvalue weighted by Gasteiger charge is -2.31. The molecule has 2 aliphatic heterocycles. The van der Waals surface area contributed by atoms with Crippen LogP contribution in [0.2, 0.25) is 18.6 Å². The van der Waals surface area contributed by atoms with Crippen molar-refractivity contribution >= 4 is 35.9 Å². The molecule has 2 heterocycles. The third-order valence-electron chi connectivity index (χ3n) is 5.47. The number of carbonyl (C=O) groups is 1. The normalized spacial score (nSPS) is 32.7. The summed E-state index contributed by atoms with van der Waals surface area (Å²) in [6.07, 6.45) is -0.101. The van der Waals surface area contributed by atoms with E-state index >= 15 is 4.11 Å². The maximum Gasteiger partial charge on any atom is 0.264 e. The van der Waals surface area contributed by atoms with Gasteiger partial charge < -0.3 is 18.9 Å². The molecular weight excluding hydrogens is 393 g/mol. The molecule has 1 N–H and O–H groups in total. The second-order valence-electron chi connectivity index (χ2n) is 7.31. The molecule has 4 atom stereocenters. The number of ether oxygens (including phenoxy) is 1. The summed E-state index contributed by atoms with van der Waals surface area (Å²) in [6, 6.07) is 5.67. The average molecular weight is 416 g/mol. The smallest absolute Gasteiger partial charge is 0.264 e. The van der Waals surface area contributed by atoms with Crippen molar-refractivity contribution in [2.75, 3.05) is 18.6 Å². The molecule has 2 aliphatic rings. The van der Waals surface area contributed by atoms with E-state index in [1.54, 1.807) is 25.0 Å². The molecule has 1 aromatic rings. The quantitative estimate of drug-likeness (QED) is 0.606. The predicted octanol–water partition coefficient (Wildman–Crippen LogP) is 3.58. The highest BCUT2D eigenvalue weighted by atomic mass is 79.9. The van der Waals surface area contributed by atoms with Gasteiger partial charge in [-0.05, 0) is 37.7 Å². The van der Waals surface area contributed by atoms with Gasteiger partial charge in [-0.1, -0.05) is 22.9 Å². The SMILES string of the molecule is C[C@H]1[C@H]([Si](C)(C)F)[C@@H](CCO)O[C@]12C(=O)N(C)c1ccc(Br)cc12. The number of aliphatic hydroxyl groups is 1. The topological polar surface area (TPSA) is 49.8 Å². The number of benzene rings is 1. The highest BCUT2D eigenvalue weighted by Gasteiger charge is 2.66. The Balaban J connectivity index is 2.17. The van der Waals surface area contributed by atoms with Crippen molar-refractivity contribution in [2.24, 2.45) is 5.92 Å². The Bertz CT molecular complexity index is 680. The summed E-state index contributed by atoms with van der Waals surface area (Å²) in [5.41, 5.74) is 0.0959. The van der Waals surface area contributed by atoms with Gasteiger partial charge in [-0.15, -0.1) is 0 Å². The fraction of sp³-hybridized carbons (Fsp3) is 0.588. The first-order valence-corrected chi connectivity index (χ1v) is 11.9. The number of likely N-dealkylation sites (N-methyl/N-ethyl adjacent to an activating group) is 1. The number of nitrogens with zero attached hydrogens (tertiary/aromatic N) is 1. The Morgan fingerprint density at radius 1 is 1.46 bits per heavy atom. The molecule has 0 radical (unpaired) electrons. The Kier molecular flexibility index (Phi) is 4.43. The molecule has 1 amide bonds. The van der Waals surface area contributed by atoms with Crippen LogP contribution < -0.4 is 4.90 Å². The molecule has 132 valence electrons. The van der Waals surface area contributed by atoms with Crippen molar-refractivity contribution in [3.63, 3.8) is 0 Å². The minimum atomic E-state index is -3.09. The zero-order valence-electron chi connectivity index (χ0n) is 14.3. The van der Waals surface area contributed by atoms with Gasteiger partial charge in [0.25, 0.3) is 5.91 Å². The lowest BCUT2D eigenvalue weighted by Crippen LogP contribution is -2.44. The fourth-order valence-electron chi connectivity index (χ4n) is 4.52. The number of hydrogen-bond donors (Lipinski definition) is 1. The second-order valence-corrected chi connectivity index (χ2v) is 12.0. The van der Waals surface area contributed by atoms with Crippen molar-refractivity contribution in [1.82, 2.24) is 0 Å². The van der Waals surface area contributed by atoms with Gasteiger partial charge in [-0.3, -0.25) is 4.79 Å². The standard InChI is InChI=1S/C17H23BrFNO3Si/c1-10-15(24(3,4)19)14(7-8-21)23-17(10)12-9-11(18)5-6-13(12)20(2)16(17)22/h5-6,9-10,14-15,21H,7-8H2,1-4H3/t10-,14+,15-,17+/m0/s1. The first-order valence-electron chi connectivity index (χ1n) is 8.20. The van der Waals surface area contributed by atoms with E-state index in [0.29, 0.717) is 6.42 Å². The zero-order valence-corrected chi connectivity index (χ0v) is 16.9. The largest absolute Gasteiger partial charge is 0.396 e. The van der Waals surface area contributed by atoms with E-state index in [4.69, 9.17) is 4.74 Å². The van der Waals surface area contributed by atoms with Crippen LogP contribution in [0.3, 0.4) is 0 Å². The average Bonchev–Trinajstić information content (AvgIpc) is 2.88. The molecule has 1 aromatic carbocycles. The van der Waals surface area contributed by atoms with Crippen LogP contribution in [-0.2, 0) is 15.1 Å². The lowest BCUT2D eigenvalue weighted by atomic mass is 9.82. The monoisotopic (exact) mass is 415 g/mol. The number of carbonyl (C=O) groups excluding carboxylic acids is 1. The van der Waals surface area contributed by atoms with Gasteiger partial charge in [0.2, 0.25) is 8.41 Å². The van der Waals surface area contributed by atoms with Gasteiger partial charge in [0.1, 0.15) is 0 Å². The van der Waals surface area contributed by atoms with Crippen molar-refractivity contribution in [3.05, 3.63) is 28.2 Å². The number of anilines is 1. The molecule has 1 spiro atoms. The van der Waals surface area contributed by atoms with Crippen LogP contribution in [0.15, 0.2) is 22.7 Å². The van der Waals surface area contributed by atoms with Crippen molar-refractivity contribution in [3.8, 4) is 0 Å². The molecular formula is C17H23BrFNO3Si. The molecule has 0 aliphatic carbocycles. The summed E-state index contributed by atoms with van der Waals surface area (Å²) in [7, 11) is -1.36. The molecule has 3 rings (SSSR count). The van der Waals surface area contributed by atoms with Crippen LogP contribution in [-0.4, -0.2) is 39.2 Å². The first kappa shape index (κ1) is 18.0. The lowest BCUT2D eigenvalue weighted by molar-refractivity contribution is -0.146. The maximum absolute atomic E-state index is 15.1. The highest BCUT2D eigenvalue weighted by molar-refractivity contribution is 9.10. The number of aliphatic hydroxyl groups excluding tert-OH is 1. The minimum absolute atomic E-state index is 0.0795. The number of hydrogen-bond acceptors (Lipinski definition) is 3. The van der Waals surface area contributed by atoms with E-state index < -0.39 is 20.1 Å². The number of fused-ring (bicyclic) bond motifs is 2. The van der Waals surface area contributed by atoms with E-state index in [-0.39, 0.29) is 24.0 Å². The van der Waals surface area contributed by atoms with Crippen LogP contribution in [0.25, 0.3) is 0 Å². The van der Waals surface area contributed by atoms with Gasteiger partial charge in [-0.2, -0.15) is 0 Å². The van der Waals surface area contributed by atoms with Crippen LogP contribution in [0.5, 0.6) is 0 Å². The Morgan fingerprint density at radius 2 is 2.12 bits per heavy atom. The molecule has 24 heavy (non-hydrogen) atoms. The van der Waals surface area contributed by atoms with E-state index in [2.05, 4.69) is 15.9 Å². The third-order valence-corrected chi connectivity index (χ3v) is 8.42. The third kappa shape index (κ3) is 2.40. The molecule has 1 fully saturated rings. The molecule has 7 heteroatoms. The van der Waals surface area contributed by atoms with Crippen molar-refractivity contribution in [1.29, 1.82) is 0 Å². The van der Waals surface area contributed by atoms with Crippen LogP contribution >= 0.6 is 15.9 Å². The Hall–Kier alpha value is -0.763. The van der Waals surface area contributed by atoms with Crippen LogP contribution in [0, 0.1) is 5.92 Å². The van der Waals surface area contributed by atoms with Gasteiger partial charge in [-0.25, -0.2) is 0 Å². The van der Waals surface area contributed by atoms with Crippen LogP contribution in [0.1, 0.15) is 18.9 Å². The molecule has 0 bridgehead atoms. The molecule has 1 saturated heterocycles. The van der Waals surface area contributed by atoms with Gasteiger partial charge in [0, 0.05) is 35.1 Å². The van der Waals surface area contributed by atoms with E-state index in [1.165, 1.54) is 0 Å². The van der Waals surface area contributed by atoms with E-state index in [0.717, 1.165) is 15.7 Å². The second kappa shape index (κ2) is 5.90. The summed E-state index contributed by atoms with van der Waals surface area (Å²) in [6.45, 7) is 5.15. The Labute approximate surface area is 151 Å². The van der Waals surface area contributed by atoms with Gasteiger partial charge in [0.05, 0.1) is 11.8 Å². The molecule has 0 aromatic heterocycles. The number of amides is 1. The fourth-order valence-corrected chi connectivity index (χ4v) is 7.43. The summed E-state index contributed by atoms with van der Waals surface area (Å²) in [5, 5.41) is 9.40. The van der Waals surface area contributed by atoms with Crippen LogP contribution in [0.4, 0.5) is 9.80 Å². The van der Waals surface area contributed by atoms with Gasteiger partial charge in [0.15, 0.2) is 5.60 Å². The molecule has 4 nitrogen and oxygen atoms in total. The molecule has 0 saturated carbocycles. The van der Waals surface area contributed by atoms with E-state index in [9.17, 15) is 9.90 Å². The first-order chi connectivity index (χ1) is 11.1. The Morgan fingerprint density at radius 3 is 2.71 bits per heavy atom. The summed E-state index contributed by atoms with van der Waals surface area (Å²) in [5.74, 6) is -0.432. The summed E-state index contributed by atoms with van der Waals surface area (Å²) >= 11 is 3.46. The summed E-state index contributed by atoms with van der Waals surface area (Å²) in [4.78, 5) is 14.7. The minimum Gasteiger partial charge on any atom is -0.396 e. The van der Waals surface area contributed by atoms with Crippen molar-refractivity contribution in [2.45, 2.75) is 43.7 Å². The van der Waals surface area contributed by atoms with Gasteiger partial charge >= 0.3 is 0 Å². The van der Waals surface area contributed by atoms with E-state index in [1.807, 2.05) is 25.1 Å². The number of halogens is 2. The summed E-state index contributed by atoms with van der Waals surface area (Å²) < 4.78 is 22.2. The maximum atomic E-state index is 15.1. The number of rotatable bonds is 3. The highest BCUT2D eigenvalue weighted by Crippen LogP contribution is 2.60. The predicted molar refractivity (Wildman–Crippen MR) is 97.3 cm³/mol. The zero-order chi connectivity index (χ0) is 17.9. The molecule has 0 unspecified atom stereocenters.